The van der Waals surface area contributed by atoms with Crippen molar-refractivity contribution in [2.24, 2.45) is 0 Å². The molecule has 1 N–H and O–H groups in total. The molecule has 4 aromatic rings. The molecule has 1 aromatic heterocycles. The van der Waals surface area contributed by atoms with Crippen molar-refractivity contribution in [1.82, 2.24) is 4.98 Å². The summed E-state index contributed by atoms with van der Waals surface area (Å²) in [5, 5.41) is 10.0. The van der Waals surface area contributed by atoms with Gasteiger partial charge in [0.1, 0.15) is 18.2 Å². The zero-order valence-corrected chi connectivity index (χ0v) is 19.1. The van der Waals surface area contributed by atoms with E-state index < -0.39 is 23.8 Å². The standard InChI is InChI=1S/C26H21F3N2O5/c1-34-21-10-7-16-13-31(25-30-19-9-8-17(26(27,28)29)11-22(19)36-25)20(24(32)33)12-18(16)23(21)35-14-15-5-3-2-4-6-15/h2-11,20H,12-14H2,1H3,(H,32,33)/t20-/m0/s1. The Labute approximate surface area is 203 Å². The number of aromatic nitrogens is 1. The molecule has 36 heavy (non-hydrogen) atoms. The third-order valence-electron chi connectivity index (χ3n) is 6.12. The summed E-state index contributed by atoms with van der Waals surface area (Å²) in [7, 11) is 1.51. The van der Waals surface area contributed by atoms with E-state index in [-0.39, 0.29) is 36.7 Å². The van der Waals surface area contributed by atoms with Crippen LogP contribution in [-0.2, 0) is 30.5 Å². The van der Waals surface area contributed by atoms with Crippen molar-refractivity contribution >= 4 is 23.1 Å². The number of anilines is 1. The van der Waals surface area contributed by atoms with E-state index in [1.165, 1.54) is 18.1 Å². The third kappa shape index (κ3) is 4.41. The molecule has 1 atom stereocenters. The highest BCUT2D eigenvalue weighted by molar-refractivity contribution is 5.81. The van der Waals surface area contributed by atoms with Gasteiger partial charge in [-0.1, -0.05) is 36.4 Å². The topological polar surface area (TPSA) is 85.0 Å². The van der Waals surface area contributed by atoms with Gasteiger partial charge in [-0.05, 0) is 35.4 Å². The van der Waals surface area contributed by atoms with Crippen molar-refractivity contribution in [3.05, 3.63) is 82.9 Å². The number of rotatable bonds is 6. The summed E-state index contributed by atoms with van der Waals surface area (Å²) in [5.41, 5.74) is 1.66. The minimum atomic E-state index is -4.54. The molecule has 0 unspecified atom stereocenters. The summed E-state index contributed by atoms with van der Waals surface area (Å²) in [6.07, 6.45) is -4.48. The first kappa shape index (κ1) is 23.5. The number of ether oxygens (including phenoxy) is 2. The highest BCUT2D eigenvalue weighted by Crippen LogP contribution is 2.40. The van der Waals surface area contributed by atoms with Crippen molar-refractivity contribution in [1.29, 1.82) is 0 Å². The lowest BCUT2D eigenvalue weighted by Gasteiger charge is -2.34. The number of hydrogen-bond donors (Lipinski definition) is 1. The van der Waals surface area contributed by atoms with Crippen LogP contribution in [0.1, 0.15) is 22.3 Å². The third-order valence-corrected chi connectivity index (χ3v) is 6.12. The van der Waals surface area contributed by atoms with Crippen LogP contribution in [0, 0.1) is 0 Å². The number of oxazole rings is 1. The van der Waals surface area contributed by atoms with Gasteiger partial charge in [0.15, 0.2) is 17.1 Å². The number of fused-ring (bicyclic) bond motifs is 2. The number of aliphatic carboxylic acids is 1. The summed E-state index contributed by atoms with van der Waals surface area (Å²) >= 11 is 0. The molecule has 10 heteroatoms. The van der Waals surface area contributed by atoms with Crippen LogP contribution < -0.4 is 14.4 Å². The largest absolute Gasteiger partial charge is 0.493 e. The lowest BCUT2D eigenvalue weighted by molar-refractivity contribution is -0.139. The second-order valence-corrected chi connectivity index (χ2v) is 8.37. The fourth-order valence-corrected chi connectivity index (χ4v) is 4.30. The predicted molar refractivity (Wildman–Crippen MR) is 124 cm³/mol. The van der Waals surface area contributed by atoms with Gasteiger partial charge in [0.25, 0.3) is 6.01 Å². The second kappa shape index (κ2) is 9.10. The lowest BCUT2D eigenvalue weighted by Crippen LogP contribution is -2.46. The van der Waals surface area contributed by atoms with Crippen LogP contribution in [0.5, 0.6) is 11.5 Å². The predicted octanol–water partition coefficient (Wildman–Crippen LogP) is 5.45. The lowest BCUT2D eigenvalue weighted by atomic mass is 9.93. The number of hydrogen-bond acceptors (Lipinski definition) is 6. The Balaban J connectivity index is 1.51. The molecular formula is C26H21F3N2O5. The van der Waals surface area contributed by atoms with E-state index in [2.05, 4.69) is 4.98 Å². The van der Waals surface area contributed by atoms with Crippen LogP contribution in [0.4, 0.5) is 19.2 Å². The number of halogens is 3. The highest BCUT2D eigenvalue weighted by Gasteiger charge is 2.37. The zero-order valence-electron chi connectivity index (χ0n) is 19.1. The van der Waals surface area contributed by atoms with E-state index in [4.69, 9.17) is 13.9 Å². The summed E-state index contributed by atoms with van der Waals surface area (Å²) in [6.45, 7) is 0.374. The first-order valence-corrected chi connectivity index (χ1v) is 11.1. The average molecular weight is 498 g/mol. The summed E-state index contributed by atoms with van der Waals surface area (Å²) in [4.78, 5) is 18.0. The van der Waals surface area contributed by atoms with E-state index in [9.17, 15) is 23.1 Å². The monoisotopic (exact) mass is 498 g/mol. The van der Waals surface area contributed by atoms with E-state index in [1.807, 2.05) is 30.3 Å². The van der Waals surface area contributed by atoms with Crippen molar-refractivity contribution in [3.63, 3.8) is 0 Å². The van der Waals surface area contributed by atoms with E-state index >= 15 is 0 Å². The fraction of sp³-hybridized carbons (Fsp3) is 0.231. The molecule has 0 saturated heterocycles. The molecule has 3 aromatic carbocycles. The normalized spacial score (nSPS) is 15.6. The van der Waals surface area contributed by atoms with Gasteiger partial charge in [-0.3, -0.25) is 0 Å². The van der Waals surface area contributed by atoms with Crippen molar-refractivity contribution < 1.29 is 37.0 Å². The van der Waals surface area contributed by atoms with Crippen LogP contribution in [0.3, 0.4) is 0 Å². The average Bonchev–Trinajstić information content (AvgIpc) is 3.30. The van der Waals surface area contributed by atoms with Gasteiger partial charge in [-0.2, -0.15) is 18.2 Å². The molecular weight excluding hydrogens is 477 g/mol. The highest BCUT2D eigenvalue weighted by atomic mass is 19.4. The number of carboxylic acid groups (broad SMARTS) is 1. The van der Waals surface area contributed by atoms with Crippen LogP contribution in [-0.4, -0.2) is 29.2 Å². The van der Waals surface area contributed by atoms with Crippen molar-refractivity contribution in [2.75, 3.05) is 12.0 Å². The van der Waals surface area contributed by atoms with E-state index in [0.29, 0.717) is 17.1 Å². The first-order chi connectivity index (χ1) is 17.2. The van der Waals surface area contributed by atoms with E-state index in [1.54, 1.807) is 12.1 Å². The number of carboxylic acids is 1. The molecule has 0 fully saturated rings. The van der Waals surface area contributed by atoms with Gasteiger partial charge >= 0.3 is 12.1 Å². The van der Waals surface area contributed by atoms with Crippen LogP contribution in [0.2, 0.25) is 0 Å². The van der Waals surface area contributed by atoms with Crippen LogP contribution in [0.25, 0.3) is 11.1 Å². The molecule has 1 aliphatic rings. The van der Waals surface area contributed by atoms with Gasteiger partial charge in [0.2, 0.25) is 0 Å². The van der Waals surface area contributed by atoms with E-state index in [0.717, 1.165) is 23.3 Å². The fourth-order valence-electron chi connectivity index (χ4n) is 4.30. The molecule has 0 amide bonds. The molecule has 0 saturated carbocycles. The summed E-state index contributed by atoms with van der Waals surface area (Å²) < 4.78 is 56.5. The Morgan fingerprint density at radius 1 is 1.17 bits per heavy atom. The maximum absolute atomic E-state index is 13.1. The maximum atomic E-state index is 13.1. The molecule has 1 aliphatic heterocycles. The zero-order chi connectivity index (χ0) is 25.4. The minimum absolute atomic E-state index is 0.0541. The summed E-state index contributed by atoms with van der Waals surface area (Å²) in [6, 6.07) is 14.9. The van der Waals surface area contributed by atoms with Gasteiger partial charge in [-0.15, -0.1) is 0 Å². The first-order valence-electron chi connectivity index (χ1n) is 11.1. The Morgan fingerprint density at radius 2 is 1.94 bits per heavy atom. The number of alkyl halides is 3. The van der Waals surface area contributed by atoms with Crippen LogP contribution >= 0.6 is 0 Å². The smallest absolute Gasteiger partial charge is 0.416 e. The SMILES string of the molecule is COc1ccc2c(c1OCc1ccccc1)C[C@@H](C(=O)O)N(c1nc3ccc(C(F)(F)F)cc3o1)C2. The molecule has 186 valence electrons. The van der Waals surface area contributed by atoms with Crippen LogP contribution in [0.15, 0.2) is 65.1 Å². The molecule has 5 rings (SSSR count). The van der Waals surface area contributed by atoms with Gasteiger partial charge < -0.3 is 23.9 Å². The Kier molecular flexibility index (Phi) is 5.95. The number of methoxy groups -OCH3 is 1. The Morgan fingerprint density at radius 3 is 2.64 bits per heavy atom. The molecule has 0 radical (unpaired) electrons. The Hall–Kier alpha value is -4.21. The molecule has 0 spiro atoms. The van der Waals surface area contributed by atoms with Gasteiger partial charge in [0, 0.05) is 18.5 Å². The molecule has 7 nitrogen and oxygen atoms in total. The molecule has 0 aliphatic carbocycles. The summed E-state index contributed by atoms with van der Waals surface area (Å²) in [5.74, 6) is -0.198. The number of carbonyl (C=O) groups is 1. The maximum Gasteiger partial charge on any atom is 0.416 e. The number of benzene rings is 3. The minimum Gasteiger partial charge on any atom is -0.493 e. The van der Waals surface area contributed by atoms with Crippen molar-refractivity contribution in [2.45, 2.75) is 31.8 Å². The quantitative estimate of drug-likeness (QED) is 0.378. The Bertz CT molecular complexity index is 1420. The van der Waals surface area contributed by atoms with Gasteiger partial charge in [-0.25, -0.2) is 4.79 Å². The van der Waals surface area contributed by atoms with Gasteiger partial charge in [0.05, 0.1) is 12.7 Å². The van der Waals surface area contributed by atoms with Crippen molar-refractivity contribution in [3.8, 4) is 11.5 Å². The molecule has 2 heterocycles. The second-order valence-electron chi connectivity index (χ2n) is 8.37. The number of nitrogens with zero attached hydrogens (tertiary/aromatic N) is 2. The molecule has 0 bridgehead atoms.